The molecular formula is C5H7NO2S2. The van der Waals surface area contributed by atoms with Gasteiger partial charge in [-0.15, -0.1) is 24.0 Å². The van der Waals surface area contributed by atoms with Gasteiger partial charge in [-0.25, -0.2) is 4.98 Å². The highest BCUT2D eigenvalue weighted by atomic mass is 32.2. The predicted octanol–water partition coefficient (Wildman–Crippen LogP) is 0.416. The summed E-state index contributed by atoms with van der Waals surface area (Å²) in [5.74, 6) is 0. The van der Waals surface area contributed by atoms with E-state index in [0.717, 1.165) is 0 Å². The summed E-state index contributed by atoms with van der Waals surface area (Å²) in [6.07, 6.45) is 0. The number of hydrogen-bond acceptors (Lipinski definition) is 5. The fourth-order valence-corrected chi connectivity index (χ4v) is 1.74. The zero-order chi connectivity index (χ0) is 7.56. The lowest BCUT2D eigenvalue weighted by Crippen LogP contribution is -1.88. The summed E-state index contributed by atoms with van der Waals surface area (Å²) in [6, 6.07) is 0. The highest BCUT2D eigenvalue weighted by molar-refractivity contribution is 7.82. The van der Waals surface area contributed by atoms with Gasteiger partial charge in [-0.3, -0.25) is 0 Å². The molecule has 0 aliphatic heterocycles. The van der Waals surface area contributed by atoms with Gasteiger partial charge in [0.05, 0.1) is 23.8 Å². The number of aliphatic hydroxyl groups is 2. The molecule has 0 unspecified atom stereocenters. The number of thiol groups is 1. The molecule has 1 aromatic heterocycles. The first-order valence-corrected chi connectivity index (χ1v) is 3.93. The molecule has 0 radical (unpaired) electrons. The Balaban J connectivity index is 2.96. The average molecular weight is 177 g/mol. The van der Waals surface area contributed by atoms with Crippen molar-refractivity contribution in [2.24, 2.45) is 0 Å². The van der Waals surface area contributed by atoms with Crippen LogP contribution in [0.3, 0.4) is 0 Å². The monoisotopic (exact) mass is 177 g/mol. The summed E-state index contributed by atoms with van der Waals surface area (Å²) in [4.78, 5) is 4.56. The minimum Gasteiger partial charge on any atom is -0.391 e. The first kappa shape index (κ1) is 8.00. The van der Waals surface area contributed by atoms with Crippen LogP contribution >= 0.6 is 24.0 Å². The molecule has 2 N–H and O–H groups in total. The SMILES string of the molecule is OCc1nc(S)sc1CO. The van der Waals surface area contributed by atoms with E-state index in [-0.39, 0.29) is 13.2 Å². The van der Waals surface area contributed by atoms with Crippen LogP contribution in [0.4, 0.5) is 0 Å². The summed E-state index contributed by atoms with van der Waals surface area (Å²) in [6.45, 7) is -0.207. The number of hydrogen-bond donors (Lipinski definition) is 3. The van der Waals surface area contributed by atoms with Crippen LogP contribution in [0, 0.1) is 0 Å². The molecule has 1 aromatic rings. The highest BCUT2D eigenvalue weighted by Crippen LogP contribution is 2.20. The summed E-state index contributed by atoms with van der Waals surface area (Å²) >= 11 is 5.25. The van der Waals surface area contributed by atoms with Gasteiger partial charge in [0, 0.05) is 0 Å². The molecule has 0 amide bonds. The maximum Gasteiger partial charge on any atom is 0.147 e. The molecule has 0 saturated heterocycles. The van der Waals surface area contributed by atoms with Crippen molar-refractivity contribution in [3.63, 3.8) is 0 Å². The van der Waals surface area contributed by atoms with E-state index in [1.54, 1.807) is 0 Å². The van der Waals surface area contributed by atoms with Crippen LogP contribution in [0.1, 0.15) is 10.6 Å². The summed E-state index contributed by atoms with van der Waals surface area (Å²) in [5, 5.41) is 17.4. The first-order chi connectivity index (χ1) is 4.77. The van der Waals surface area contributed by atoms with Crippen LogP contribution < -0.4 is 0 Å². The molecule has 5 heteroatoms. The zero-order valence-corrected chi connectivity index (χ0v) is 6.82. The standard InChI is InChI=1S/C5H7NO2S2/c7-1-3-4(2-8)10-5(9)6-3/h7-8H,1-2H2,(H,6,9). The molecule has 0 aromatic carbocycles. The smallest absolute Gasteiger partial charge is 0.147 e. The fraction of sp³-hybridized carbons (Fsp3) is 0.400. The third-order valence-corrected chi connectivity index (χ3v) is 2.32. The third-order valence-electron chi connectivity index (χ3n) is 1.06. The predicted molar refractivity (Wildman–Crippen MR) is 41.2 cm³/mol. The van der Waals surface area contributed by atoms with E-state index in [2.05, 4.69) is 17.6 Å². The van der Waals surface area contributed by atoms with E-state index in [0.29, 0.717) is 14.9 Å². The quantitative estimate of drug-likeness (QED) is 0.574. The van der Waals surface area contributed by atoms with Crippen molar-refractivity contribution in [2.75, 3.05) is 0 Å². The molecule has 0 bridgehead atoms. The molecule has 10 heavy (non-hydrogen) atoms. The van der Waals surface area contributed by atoms with E-state index in [1.165, 1.54) is 11.3 Å². The van der Waals surface area contributed by atoms with Crippen LogP contribution in [0.5, 0.6) is 0 Å². The third kappa shape index (κ3) is 1.49. The van der Waals surface area contributed by atoms with Crippen molar-refractivity contribution < 1.29 is 10.2 Å². The second-order valence-corrected chi connectivity index (χ2v) is 3.49. The second-order valence-electron chi connectivity index (χ2n) is 1.68. The second kappa shape index (κ2) is 3.34. The van der Waals surface area contributed by atoms with Gasteiger partial charge in [0.25, 0.3) is 0 Å². The molecule has 3 nitrogen and oxygen atoms in total. The fourth-order valence-electron chi connectivity index (χ4n) is 0.617. The summed E-state index contributed by atoms with van der Waals surface area (Å²) < 4.78 is 0.577. The molecule has 0 saturated carbocycles. The van der Waals surface area contributed by atoms with E-state index >= 15 is 0 Å². The Morgan fingerprint density at radius 2 is 2.10 bits per heavy atom. The van der Waals surface area contributed by atoms with Crippen molar-refractivity contribution in [3.05, 3.63) is 10.6 Å². The maximum absolute atomic E-state index is 8.69. The largest absolute Gasteiger partial charge is 0.391 e. The van der Waals surface area contributed by atoms with Crippen molar-refractivity contribution in [3.8, 4) is 0 Å². The molecule has 1 rings (SSSR count). The number of aliphatic hydroxyl groups excluding tert-OH is 2. The van der Waals surface area contributed by atoms with Crippen LogP contribution in [-0.2, 0) is 13.2 Å². The Kier molecular flexibility index (Phi) is 2.67. The van der Waals surface area contributed by atoms with Crippen molar-refractivity contribution in [2.45, 2.75) is 17.6 Å². The van der Waals surface area contributed by atoms with Gasteiger partial charge in [0.2, 0.25) is 0 Å². The van der Waals surface area contributed by atoms with Crippen LogP contribution in [0.2, 0.25) is 0 Å². The Hall–Kier alpha value is -0.100. The minimum absolute atomic E-state index is 0.0753. The molecule has 0 aliphatic rings. The number of aromatic nitrogens is 1. The normalized spacial score (nSPS) is 10.3. The lowest BCUT2D eigenvalue weighted by atomic mass is 10.4. The topological polar surface area (TPSA) is 53.4 Å². The van der Waals surface area contributed by atoms with Crippen molar-refractivity contribution >= 4 is 24.0 Å². The van der Waals surface area contributed by atoms with Crippen molar-refractivity contribution in [1.82, 2.24) is 4.98 Å². The molecule has 1 heterocycles. The Morgan fingerprint density at radius 3 is 2.50 bits per heavy atom. The Labute approximate surface area is 67.8 Å². The highest BCUT2D eigenvalue weighted by Gasteiger charge is 2.05. The van der Waals surface area contributed by atoms with Gasteiger partial charge < -0.3 is 10.2 Å². The van der Waals surface area contributed by atoms with Gasteiger partial charge in [-0.1, -0.05) is 0 Å². The molecular weight excluding hydrogens is 170 g/mol. The lowest BCUT2D eigenvalue weighted by molar-refractivity contribution is 0.259. The van der Waals surface area contributed by atoms with E-state index in [1.807, 2.05) is 0 Å². The van der Waals surface area contributed by atoms with Gasteiger partial charge in [-0.2, -0.15) is 0 Å². The lowest BCUT2D eigenvalue weighted by Gasteiger charge is -1.89. The molecule has 0 spiro atoms. The van der Waals surface area contributed by atoms with Gasteiger partial charge >= 0.3 is 0 Å². The van der Waals surface area contributed by atoms with E-state index in [4.69, 9.17) is 10.2 Å². The molecule has 0 fully saturated rings. The maximum atomic E-state index is 8.69. The average Bonchev–Trinajstić information content (AvgIpc) is 2.30. The van der Waals surface area contributed by atoms with Crippen LogP contribution in [0.15, 0.2) is 4.34 Å². The number of rotatable bonds is 2. The van der Waals surface area contributed by atoms with Crippen LogP contribution in [0.25, 0.3) is 0 Å². The van der Waals surface area contributed by atoms with Gasteiger partial charge in [-0.05, 0) is 0 Å². The first-order valence-electron chi connectivity index (χ1n) is 2.67. The molecule has 0 atom stereocenters. The molecule has 56 valence electrons. The number of thiazole rings is 1. The Morgan fingerprint density at radius 1 is 1.40 bits per heavy atom. The molecule has 0 aliphatic carbocycles. The van der Waals surface area contributed by atoms with Gasteiger partial charge in [0.15, 0.2) is 0 Å². The van der Waals surface area contributed by atoms with Gasteiger partial charge in [0.1, 0.15) is 4.34 Å². The number of nitrogens with zero attached hydrogens (tertiary/aromatic N) is 1. The van der Waals surface area contributed by atoms with Crippen LogP contribution in [-0.4, -0.2) is 15.2 Å². The van der Waals surface area contributed by atoms with E-state index in [9.17, 15) is 0 Å². The van der Waals surface area contributed by atoms with Crippen molar-refractivity contribution in [1.29, 1.82) is 0 Å². The zero-order valence-electron chi connectivity index (χ0n) is 5.11. The minimum atomic E-state index is -0.132. The Bertz CT molecular complexity index is 202. The summed E-state index contributed by atoms with van der Waals surface area (Å²) in [5.41, 5.74) is 0.525. The van der Waals surface area contributed by atoms with E-state index < -0.39 is 0 Å². The summed E-state index contributed by atoms with van der Waals surface area (Å²) in [7, 11) is 0.